The normalized spacial score (nSPS) is 19.4. The minimum Gasteiger partial charge on any atom is -0.396 e. The van der Waals surface area contributed by atoms with Gasteiger partial charge in [-0.05, 0) is 61.1 Å². The maximum atomic E-state index is 13.5. The monoisotopic (exact) mass is 500 g/mol. The van der Waals surface area contributed by atoms with Crippen molar-refractivity contribution < 1.29 is 27.5 Å². The Morgan fingerprint density at radius 3 is 2.25 bits per heavy atom. The number of nitrogens with zero attached hydrogens (tertiary/aromatic N) is 2. The molecule has 0 saturated carbocycles. The number of hydrogen-bond donors (Lipinski definition) is 1. The first-order valence-corrected chi connectivity index (χ1v) is 11.9. The van der Waals surface area contributed by atoms with Gasteiger partial charge in [-0.1, -0.05) is 42.5 Å². The molecule has 4 rings (SSSR count). The topological polar surface area (TPSA) is 53.4 Å². The molecule has 1 amide bonds. The van der Waals surface area contributed by atoms with Crippen LogP contribution < -0.4 is 0 Å². The number of halogens is 4. The number of carbonyl (C=O) groups excluding carboxylic acids is 1. The highest BCUT2D eigenvalue weighted by atomic mass is 19.4. The summed E-state index contributed by atoms with van der Waals surface area (Å²) in [5.74, 6) is -0.337. The molecule has 0 bridgehead atoms. The zero-order chi connectivity index (χ0) is 25.9. The number of benzene rings is 2. The van der Waals surface area contributed by atoms with Crippen LogP contribution >= 0.6 is 0 Å². The first kappa shape index (κ1) is 25.8. The number of aliphatic hydroxyl groups excluding tert-OH is 1. The van der Waals surface area contributed by atoms with Gasteiger partial charge in [0.05, 0.1) is 6.04 Å². The van der Waals surface area contributed by atoms with E-state index in [-0.39, 0.29) is 30.8 Å². The zero-order valence-corrected chi connectivity index (χ0v) is 19.9. The van der Waals surface area contributed by atoms with E-state index < -0.39 is 17.3 Å². The molecule has 1 aliphatic heterocycles. The SMILES string of the molecule is C[C@@H](c1ccc(-c2ccc(C(F)(F)F)nc2)cc1)N1CC[C@](CCCO)(c2ccc(F)cc2)CC1=O. The average Bonchev–Trinajstić information content (AvgIpc) is 2.87. The minimum atomic E-state index is -4.48. The number of likely N-dealkylation sites (tertiary alicyclic amines) is 1. The molecule has 0 aliphatic carbocycles. The fraction of sp³-hybridized carbons (Fsp3) is 0.357. The van der Waals surface area contributed by atoms with E-state index in [1.54, 1.807) is 12.1 Å². The lowest BCUT2D eigenvalue weighted by Gasteiger charge is -2.44. The number of carbonyl (C=O) groups is 1. The molecule has 1 N–H and O–H groups in total. The molecule has 0 radical (unpaired) electrons. The number of hydrogen-bond acceptors (Lipinski definition) is 3. The lowest BCUT2D eigenvalue weighted by Crippen LogP contribution is -2.47. The molecule has 1 saturated heterocycles. The summed E-state index contributed by atoms with van der Waals surface area (Å²) in [6.45, 7) is 2.50. The van der Waals surface area contributed by atoms with Crippen molar-refractivity contribution in [3.05, 3.63) is 89.5 Å². The molecule has 0 unspecified atom stereocenters. The van der Waals surface area contributed by atoms with Gasteiger partial charge in [0.25, 0.3) is 0 Å². The lowest BCUT2D eigenvalue weighted by atomic mass is 9.69. The van der Waals surface area contributed by atoms with Crippen molar-refractivity contribution in [3.8, 4) is 11.1 Å². The highest BCUT2D eigenvalue weighted by Crippen LogP contribution is 2.42. The molecule has 4 nitrogen and oxygen atoms in total. The van der Waals surface area contributed by atoms with Crippen molar-refractivity contribution in [2.24, 2.45) is 0 Å². The second kappa shape index (κ2) is 10.4. The minimum absolute atomic E-state index is 0.00738. The molecule has 1 aromatic heterocycles. The number of amides is 1. The number of rotatable bonds is 7. The van der Waals surface area contributed by atoms with Crippen LogP contribution in [0.15, 0.2) is 66.9 Å². The van der Waals surface area contributed by atoms with Gasteiger partial charge in [-0.2, -0.15) is 13.2 Å². The molecular weight excluding hydrogens is 472 g/mol. The summed E-state index contributed by atoms with van der Waals surface area (Å²) in [5.41, 5.74) is 1.75. The Kier molecular flexibility index (Phi) is 7.45. The molecule has 2 aromatic carbocycles. The Bertz CT molecular complexity index is 1180. The van der Waals surface area contributed by atoms with E-state index >= 15 is 0 Å². The zero-order valence-electron chi connectivity index (χ0n) is 19.9. The molecule has 0 spiro atoms. The number of aliphatic hydroxyl groups is 1. The van der Waals surface area contributed by atoms with E-state index in [1.165, 1.54) is 24.4 Å². The van der Waals surface area contributed by atoms with Crippen LogP contribution in [0, 0.1) is 5.82 Å². The third-order valence-electron chi connectivity index (χ3n) is 7.16. The van der Waals surface area contributed by atoms with Crippen LogP contribution in [0.1, 0.15) is 55.5 Å². The van der Waals surface area contributed by atoms with Crippen molar-refractivity contribution in [1.29, 1.82) is 0 Å². The van der Waals surface area contributed by atoms with E-state index in [0.29, 0.717) is 31.4 Å². The van der Waals surface area contributed by atoms with Crippen molar-refractivity contribution >= 4 is 5.91 Å². The van der Waals surface area contributed by atoms with Gasteiger partial charge in [0.15, 0.2) is 0 Å². The Morgan fingerprint density at radius 2 is 1.69 bits per heavy atom. The summed E-state index contributed by atoms with van der Waals surface area (Å²) in [4.78, 5) is 18.7. The Labute approximate surface area is 207 Å². The number of piperidine rings is 1. The average molecular weight is 501 g/mol. The van der Waals surface area contributed by atoms with Crippen molar-refractivity contribution in [3.63, 3.8) is 0 Å². The predicted octanol–water partition coefficient (Wildman–Crippen LogP) is 6.30. The van der Waals surface area contributed by atoms with E-state index in [9.17, 15) is 27.5 Å². The lowest BCUT2D eigenvalue weighted by molar-refractivity contribution is -0.141. The van der Waals surface area contributed by atoms with Crippen LogP contribution in [0.2, 0.25) is 0 Å². The van der Waals surface area contributed by atoms with Crippen molar-refractivity contribution in [2.45, 2.75) is 50.2 Å². The van der Waals surface area contributed by atoms with Crippen LogP contribution in [-0.2, 0) is 16.4 Å². The van der Waals surface area contributed by atoms with E-state index in [0.717, 1.165) is 22.8 Å². The summed E-state index contributed by atoms with van der Waals surface area (Å²) in [7, 11) is 0. The summed E-state index contributed by atoms with van der Waals surface area (Å²) in [5, 5.41) is 9.40. The second-order valence-corrected chi connectivity index (χ2v) is 9.36. The second-order valence-electron chi connectivity index (χ2n) is 9.36. The standard InChI is InChI=1S/C28H28F4N2O2/c1-19(20-3-5-21(6-4-20)22-7-12-25(33-18-22)28(30,31)32)34-15-14-27(13-2-16-35,17-26(34)36)23-8-10-24(29)11-9-23/h3-12,18-19,35H,2,13-17H2,1H3/t19-,27-/m0/s1. The van der Waals surface area contributed by atoms with Crippen LogP contribution in [0.5, 0.6) is 0 Å². The Hall–Kier alpha value is -3.26. The summed E-state index contributed by atoms with van der Waals surface area (Å²) in [6.07, 6.45) is -1.11. The molecule has 2 atom stereocenters. The van der Waals surface area contributed by atoms with Crippen LogP contribution in [0.25, 0.3) is 11.1 Å². The van der Waals surface area contributed by atoms with Crippen molar-refractivity contribution in [1.82, 2.24) is 9.88 Å². The highest BCUT2D eigenvalue weighted by molar-refractivity contribution is 5.79. The molecule has 1 aliphatic rings. The molecule has 2 heterocycles. The van der Waals surface area contributed by atoms with Crippen molar-refractivity contribution in [2.75, 3.05) is 13.2 Å². The summed E-state index contributed by atoms with van der Waals surface area (Å²) < 4.78 is 51.8. The quantitative estimate of drug-likeness (QED) is 0.388. The van der Waals surface area contributed by atoms with Gasteiger partial charge in [0.2, 0.25) is 5.91 Å². The van der Waals surface area contributed by atoms with Crippen LogP contribution in [0.3, 0.4) is 0 Å². The first-order valence-electron chi connectivity index (χ1n) is 11.9. The summed E-state index contributed by atoms with van der Waals surface area (Å²) in [6, 6.07) is 15.8. The molecular formula is C28H28F4N2O2. The third kappa shape index (κ3) is 5.43. The van der Waals surface area contributed by atoms with Gasteiger partial charge >= 0.3 is 6.18 Å². The molecule has 8 heteroatoms. The van der Waals surface area contributed by atoms with Gasteiger partial charge in [0, 0.05) is 36.7 Å². The van der Waals surface area contributed by atoms with Gasteiger partial charge in [-0.15, -0.1) is 0 Å². The van der Waals surface area contributed by atoms with Gasteiger partial charge in [-0.3, -0.25) is 9.78 Å². The molecule has 36 heavy (non-hydrogen) atoms. The molecule has 190 valence electrons. The molecule has 3 aromatic rings. The summed E-state index contributed by atoms with van der Waals surface area (Å²) >= 11 is 0. The number of aromatic nitrogens is 1. The fourth-order valence-corrected chi connectivity index (χ4v) is 5.04. The van der Waals surface area contributed by atoms with Gasteiger partial charge in [0.1, 0.15) is 11.5 Å². The number of pyridine rings is 1. The predicted molar refractivity (Wildman–Crippen MR) is 128 cm³/mol. The first-order chi connectivity index (χ1) is 17.1. The van der Waals surface area contributed by atoms with E-state index in [1.807, 2.05) is 36.1 Å². The largest absolute Gasteiger partial charge is 0.433 e. The van der Waals surface area contributed by atoms with Crippen LogP contribution in [0.4, 0.5) is 17.6 Å². The van der Waals surface area contributed by atoms with Gasteiger partial charge < -0.3 is 10.0 Å². The highest BCUT2D eigenvalue weighted by Gasteiger charge is 2.41. The molecule has 1 fully saturated rings. The Balaban J connectivity index is 1.49. The van der Waals surface area contributed by atoms with Gasteiger partial charge in [-0.25, -0.2) is 4.39 Å². The third-order valence-corrected chi connectivity index (χ3v) is 7.16. The maximum Gasteiger partial charge on any atom is 0.433 e. The van der Waals surface area contributed by atoms with E-state index in [4.69, 9.17) is 0 Å². The maximum absolute atomic E-state index is 13.5. The number of alkyl halides is 3. The smallest absolute Gasteiger partial charge is 0.396 e. The fourth-order valence-electron chi connectivity index (χ4n) is 5.04. The van der Waals surface area contributed by atoms with E-state index in [2.05, 4.69) is 4.98 Å². The van der Waals surface area contributed by atoms with Crippen LogP contribution in [-0.4, -0.2) is 34.0 Å². The Morgan fingerprint density at radius 1 is 1.03 bits per heavy atom.